The summed E-state index contributed by atoms with van der Waals surface area (Å²) in [5.74, 6) is -0.144. The lowest BCUT2D eigenvalue weighted by Gasteiger charge is -2.32. The molecule has 2 atom stereocenters. The van der Waals surface area contributed by atoms with Crippen LogP contribution in [0.4, 0.5) is 4.39 Å². The van der Waals surface area contributed by atoms with Crippen LogP contribution in [0.15, 0.2) is 34.7 Å². The summed E-state index contributed by atoms with van der Waals surface area (Å²) in [5, 5.41) is 3.11. The third-order valence-electron chi connectivity index (χ3n) is 4.19. The van der Waals surface area contributed by atoms with E-state index in [2.05, 4.69) is 4.90 Å². The largest absolute Gasteiger partial charge is 0.315 e. The standard InChI is InChI=1S/C15H15FN2S/c16-11-6-2-1-5-10(11)14-9-19-15-17-12-7-3-4-8-13(12)18(14)15/h1-2,5-6,9,12-13H,3-4,7-8H2/t12-,13-/m0/s1. The summed E-state index contributed by atoms with van der Waals surface area (Å²) in [4.78, 5) is 7.08. The highest BCUT2D eigenvalue weighted by atomic mass is 32.2. The average Bonchev–Trinajstić information content (AvgIpc) is 2.98. The number of benzene rings is 1. The number of hydrogen-bond donors (Lipinski definition) is 0. The molecule has 0 unspecified atom stereocenters. The number of hydrogen-bond acceptors (Lipinski definition) is 3. The van der Waals surface area contributed by atoms with Crippen LogP contribution in [0.5, 0.6) is 0 Å². The number of nitrogens with zero attached hydrogens (tertiary/aromatic N) is 2. The lowest BCUT2D eigenvalue weighted by atomic mass is 9.90. The topological polar surface area (TPSA) is 15.6 Å². The Morgan fingerprint density at radius 3 is 2.95 bits per heavy atom. The zero-order chi connectivity index (χ0) is 12.8. The molecule has 0 spiro atoms. The van der Waals surface area contributed by atoms with Gasteiger partial charge in [0, 0.05) is 11.0 Å². The highest BCUT2D eigenvalue weighted by Gasteiger charge is 2.42. The van der Waals surface area contributed by atoms with Gasteiger partial charge in [0.2, 0.25) is 0 Å². The van der Waals surface area contributed by atoms with E-state index in [9.17, 15) is 4.39 Å². The second-order valence-electron chi connectivity index (χ2n) is 5.30. The number of halogens is 1. The van der Waals surface area contributed by atoms with Crippen molar-refractivity contribution in [2.45, 2.75) is 37.8 Å². The molecule has 1 aromatic carbocycles. The summed E-state index contributed by atoms with van der Waals surface area (Å²) in [6.07, 6.45) is 4.88. The highest BCUT2D eigenvalue weighted by molar-refractivity contribution is 8.16. The van der Waals surface area contributed by atoms with Gasteiger partial charge in [0.15, 0.2) is 5.17 Å². The van der Waals surface area contributed by atoms with Crippen molar-refractivity contribution in [1.82, 2.24) is 4.90 Å². The molecule has 1 aliphatic carbocycles. The van der Waals surface area contributed by atoms with Crippen LogP contribution in [-0.2, 0) is 0 Å². The van der Waals surface area contributed by atoms with E-state index in [0.29, 0.717) is 17.6 Å². The Labute approximate surface area is 116 Å². The molecule has 0 radical (unpaired) electrons. The van der Waals surface area contributed by atoms with Crippen molar-refractivity contribution in [3.63, 3.8) is 0 Å². The maximum absolute atomic E-state index is 14.0. The van der Waals surface area contributed by atoms with Crippen molar-refractivity contribution < 1.29 is 4.39 Å². The number of thioether (sulfide) groups is 1. The molecule has 1 fully saturated rings. The smallest absolute Gasteiger partial charge is 0.168 e. The maximum atomic E-state index is 14.0. The first-order chi connectivity index (χ1) is 9.34. The van der Waals surface area contributed by atoms with Gasteiger partial charge in [0.1, 0.15) is 5.82 Å². The fraction of sp³-hybridized carbons (Fsp3) is 0.400. The molecular weight excluding hydrogens is 259 g/mol. The van der Waals surface area contributed by atoms with E-state index < -0.39 is 0 Å². The molecule has 0 N–H and O–H groups in total. The molecule has 4 rings (SSSR count). The predicted octanol–water partition coefficient (Wildman–Crippen LogP) is 3.85. The summed E-state index contributed by atoms with van der Waals surface area (Å²) < 4.78 is 14.0. The Hall–Kier alpha value is -1.29. The Morgan fingerprint density at radius 1 is 1.21 bits per heavy atom. The fourth-order valence-electron chi connectivity index (χ4n) is 3.29. The first kappa shape index (κ1) is 11.5. The Balaban J connectivity index is 1.72. The molecule has 0 saturated heterocycles. The van der Waals surface area contributed by atoms with Crippen molar-refractivity contribution in [1.29, 1.82) is 0 Å². The molecule has 4 heteroatoms. The summed E-state index contributed by atoms with van der Waals surface area (Å²) in [7, 11) is 0. The van der Waals surface area contributed by atoms with Gasteiger partial charge in [-0.2, -0.15) is 0 Å². The van der Waals surface area contributed by atoms with E-state index in [4.69, 9.17) is 4.99 Å². The summed E-state index contributed by atoms with van der Waals surface area (Å²) >= 11 is 1.64. The predicted molar refractivity (Wildman–Crippen MR) is 77.3 cm³/mol. The highest BCUT2D eigenvalue weighted by Crippen LogP contribution is 2.44. The van der Waals surface area contributed by atoms with Crippen LogP contribution in [0.2, 0.25) is 0 Å². The normalized spacial score (nSPS) is 28.8. The van der Waals surface area contributed by atoms with Crippen molar-refractivity contribution in [3.8, 4) is 0 Å². The van der Waals surface area contributed by atoms with Crippen LogP contribution >= 0.6 is 11.8 Å². The molecule has 3 aliphatic rings. The van der Waals surface area contributed by atoms with Crippen LogP contribution in [0.3, 0.4) is 0 Å². The van der Waals surface area contributed by atoms with Crippen LogP contribution in [0.1, 0.15) is 31.2 Å². The van der Waals surface area contributed by atoms with Crippen molar-refractivity contribution in [2.75, 3.05) is 0 Å². The molecule has 2 heterocycles. The molecule has 0 bridgehead atoms. The van der Waals surface area contributed by atoms with E-state index in [0.717, 1.165) is 10.9 Å². The molecule has 19 heavy (non-hydrogen) atoms. The Morgan fingerprint density at radius 2 is 2.05 bits per heavy atom. The number of amidine groups is 1. The maximum Gasteiger partial charge on any atom is 0.168 e. The van der Waals surface area contributed by atoms with E-state index in [-0.39, 0.29) is 5.82 Å². The van der Waals surface area contributed by atoms with Gasteiger partial charge in [-0.25, -0.2) is 4.39 Å². The van der Waals surface area contributed by atoms with Gasteiger partial charge < -0.3 is 4.90 Å². The number of fused-ring (bicyclic) bond motifs is 3. The van der Waals surface area contributed by atoms with Crippen LogP contribution in [0, 0.1) is 5.82 Å². The van der Waals surface area contributed by atoms with Gasteiger partial charge in [0.25, 0.3) is 0 Å². The first-order valence-corrected chi connectivity index (χ1v) is 7.71. The van der Waals surface area contributed by atoms with Gasteiger partial charge in [-0.15, -0.1) is 0 Å². The SMILES string of the molecule is Fc1ccccc1C1=CSC2=N[C@H]3CCCC[C@@H]3N12. The second kappa shape index (κ2) is 4.37. The third kappa shape index (κ3) is 1.73. The van der Waals surface area contributed by atoms with Crippen molar-refractivity contribution >= 4 is 22.6 Å². The summed E-state index contributed by atoms with van der Waals surface area (Å²) in [6.45, 7) is 0. The molecule has 1 aromatic rings. The van der Waals surface area contributed by atoms with Crippen LogP contribution in [0.25, 0.3) is 5.70 Å². The minimum atomic E-state index is -0.144. The monoisotopic (exact) mass is 274 g/mol. The lowest BCUT2D eigenvalue weighted by molar-refractivity contribution is 0.305. The molecule has 2 aliphatic heterocycles. The zero-order valence-corrected chi connectivity index (χ0v) is 11.4. The Kier molecular flexibility index (Phi) is 2.65. The minimum absolute atomic E-state index is 0.144. The minimum Gasteiger partial charge on any atom is -0.315 e. The Bertz CT molecular complexity index is 581. The van der Waals surface area contributed by atoms with Crippen LogP contribution in [-0.4, -0.2) is 22.2 Å². The third-order valence-corrected chi connectivity index (χ3v) is 5.05. The van der Waals surface area contributed by atoms with Gasteiger partial charge in [-0.05, 0) is 25.0 Å². The van der Waals surface area contributed by atoms with Crippen molar-refractivity contribution in [3.05, 3.63) is 41.1 Å². The van der Waals surface area contributed by atoms with Gasteiger partial charge in [-0.3, -0.25) is 4.99 Å². The molecule has 98 valence electrons. The summed E-state index contributed by atoms with van der Waals surface area (Å²) in [6, 6.07) is 7.90. The fourth-order valence-corrected chi connectivity index (χ4v) is 4.29. The molecule has 1 saturated carbocycles. The number of aliphatic imine (C=N–C) groups is 1. The van der Waals surface area contributed by atoms with E-state index in [1.807, 2.05) is 17.5 Å². The zero-order valence-electron chi connectivity index (χ0n) is 10.6. The van der Waals surface area contributed by atoms with Crippen LogP contribution < -0.4 is 0 Å². The number of rotatable bonds is 1. The summed E-state index contributed by atoms with van der Waals surface area (Å²) in [5.41, 5.74) is 1.70. The second-order valence-corrected chi connectivity index (χ2v) is 6.14. The van der Waals surface area contributed by atoms with Gasteiger partial charge in [-0.1, -0.05) is 36.7 Å². The molecular formula is C15H15FN2S. The molecule has 0 amide bonds. The van der Waals surface area contributed by atoms with Gasteiger partial charge in [0.05, 0.1) is 17.8 Å². The molecule has 0 aromatic heterocycles. The first-order valence-electron chi connectivity index (χ1n) is 6.83. The average molecular weight is 274 g/mol. The van der Waals surface area contributed by atoms with E-state index in [1.165, 1.54) is 31.7 Å². The van der Waals surface area contributed by atoms with Gasteiger partial charge >= 0.3 is 0 Å². The quantitative estimate of drug-likeness (QED) is 0.773. The van der Waals surface area contributed by atoms with Crippen molar-refractivity contribution in [2.24, 2.45) is 4.99 Å². The van der Waals surface area contributed by atoms with E-state index >= 15 is 0 Å². The van der Waals surface area contributed by atoms with E-state index in [1.54, 1.807) is 17.8 Å². The molecule has 2 nitrogen and oxygen atoms in total. The lowest BCUT2D eigenvalue weighted by Crippen LogP contribution is -2.38.